The van der Waals surface area contributed by atoms with E-state index in [2.05, 4.69) is 41.8 Å². The van der Waals surface area contributed by atoms with E-state index in [4.69, 9.17) is 14.6 Å². The third-order valence-electron chi connectivity index (χ3n) is 2.95. The predicted octanol–water partition coefficient (Wildman–Crippen LogP) is 3.02. The quantitative estimate of drug-likeness (QED) is 0.557. The second-order valence-electron chi connectivity index (χ2n) is 6.15. The van der Waals surface area contributed by atoms with Crippen LogP contribution in [0.15, 0.2) is 4.47 Å². The minimum atomic E-state index is -0.423. The Morgan fingerprint density at radius 3 is 2.64 bits per heavy atom. The van der Waals surface area contributed by atoms with Crippen molar-refractivity contribution in [1.29, 1.82) is 0 Å². The van der Waals surface area contributed by atoms with Crippen LogP contribution in [0, 0.1) is 5.41 Å². The molecule has 7 heteroatoms. The van der Waals surface area contributed by atoms with Gasteiger partial charge in [-0.1, -0.05) is 20.8 Å². The molecule has 0 fully saturated rings. The number of ether oxygens (including phenoxy) is 2. The smallest absolute Gasteiger partial charge is 0.357 e. The van der Waals surface area contributed by atoms with Gasteiger partial charge in [-0.15, -0.1) is 5.10 Å². The van der Waals surface area contributed by atoms with Gasteiger partial charge in [0.25, 0.3) is 0 Å². The third-order valence-corrected chi connectivity index (χ3v) is 3.66. The number of aromatic nitrogens is 2. The Morgan fingerprint density at radius 2 is 2.09 bits per heavy atom. The van der Waals surface area contributed by atoms with E-state index < -0.39 is 5.97 Å². The van der Waals surface area contributed by atoms with E-state index in [1.165, 1.54) is 0 Å². The molecule has 0 saturated heterocycles. The second kappa shape index (κ2) is 8.53. The van der Waals surface area contributed by atoms with Gasteiger partial charge in [-0.3, -0.25) is 4.68 Å². The zero-order valence-corrected chi connectivity index (χ0v) is 15.3. The van der Waals surface area contributed by atoms with E-state index >= 15 is 0 Å². The summed E-state index contributed by atoms with van der Waals surface area (Å²) in [7, 11) is 0. The van der Waals surface area contributed by atoms with Gasteiger partial charge in [0, 0.05) is 19.6 Å². The highest BCUT2D eigenvalue weighted by Gasteiger charge is 2.25. The molecule has 1 N–H and O–H groups in total. The van der Waals surface area contributed by atoms with E-state index in [9.17, 15) is 4.79 Å². The van der Waals surface area contributed by atoms with Crippen LogP contribution in [-0.4, -0.2) is 40.7 Å². The maximum atomic E-state index is 12.1. The number of halogens is 1. The zero-order valence-electron chi connectivity index (χ0n) is 13.7. The van der Waals surface area contributed by atoms with Crippen LogP contribution in [0.2, 0.25) is 0 Å². The summed E-state index contributed by atoms with van der Waals surface area (Å²) in [4.78, 5) is 12.1. The summed E-state index contributed by atoms with van der Waals surface area (Å²) in [5.41, 5.74) is 0.493. The molecule has 0 aliphatic rings. The number of nitrogens with zero attached hydrogens (tertiary/aromatic N) is 2. The fourth-order valence-electron chi connectivity index (χ4n) is 1.74. The van der Waals surface area contributed by atoms with E-state index in [1.54, 1.807) is 11.6 Å². The highest BCUT2D eigenvalue weighted by atomic mass is 79.9. The minimum absolute atomic E-state index is 0.0487. The Bertz CT molecular complexity index is 494. The normalized spacial score (nSPS) is 11.5. The lowest BCUT2D eigenvalue weighted by Crippen LogP contribution is -2.17. The number of aryl methyl sites for hydroxylation is 1. The summed E-state index contributed by atoms with van der Waals surface area (Å²) in [5, 5.41) is 13.2. The van der Waals surface area contributed by atoms with Crippen LogP contribution < -0.4 is 4.74 Å². The van der Waals surface area contributed by atoms with E-state index in [-0.39, 0.29) is 12.0 Å². The maximum Gasteiger partial charge on any atom is 0.357 e. The summed E-state index contributed by atoms with van der Waals surface area (Å²) in [6.45, 7) is 9.45. The first-order chi connectivity index (χ1) is 10.3. The second-order valence-corrected chi connectivity index (χ2v) is 6.94. The summed E-state index contributed by atoms with van der Waals surface area (Å²) in [6.07, 6.45) is 1.37. The van der Waals surface area contributed by atoms with Crippen molar-refractivity contribution in [2.45, 2.75) is 47.1 Å². The third kappa shape index (κ3) is 5.61. The van der Waals surface area contributed by atoms with Gasteiger partial charge in [0.1, 0.15) is 4.47 Å². The Hall–Kier alpha value is -1.08. The van der Waals surface area contributed by atoms with Gasteiger partial charge < -0.3 is 14.6 Å². The first-order valence-corrected chi connectivity index (χ1v) is 8.26. The zero-order chi connectivity index (χ0) is 16.8. The summed E-state index contributed by atoms with van der Waals surface area (Å²) >= 11 is 3.37. The topological polar surface area (TPSA) is 73.6 Å². The van der Waals surface area contributed by atoms with Gasteiger partial charge >= 0.3 is 5.97 Å². The minimum Gasteiger partial charge on any atom is -0.476 e. The van der Waals surface area contributed by atoms with Gasteiger partial charge in [0.15, 0.2) is 5.69 Å². The van der Waals surface area contributed by atoms with Crippen molar-refractivity contribution in [1.82, 2.24) is 9.78 Å². The van der Waals surface area contributed by atoms with Gasteiger partial charge in [0.2, 0.25) is 5.88 Å². The van der Waals surface area contributed by atoms with Crippen molar-refractivity contribution in [3.63, 3.8) is 0 Å². The van der Waals surface area contributed by atoms with Gasteiger partial charge in [0.05, 0.1) is 13.2 Å². The largest absolute Gasteiger partial charge is 0.476 e. The van der Waals surface area contributed by atoms with Crippen LogP contribution >= 0.6 is 15.9 Å². The average molecular weight is 377 g/mol. The monoisotopic (exact) mass is 376 g/mol. The summed E-state index contributed by atoms with van der Waals surface area (Å²) in [5.74, 6) is -0.0711. The number of carbonyl (C=O) groups excluding carboxylic acids is 1. The summed E-state index contributed by atoms with van der Waals surface area (Å²) in [6, 6.07) is 0. The molecule has 22 heavy (non-hydrogen) atoms. The molecule has 0 bridgehead atoms. The molecule has 0 amide bonds. The fraction of sp³-hybridized carbons (Fsp3) is 0.733. The molecule has 1 aromatic rings. The molecule has 6 nitrogen and oxygen atoms in total. The van der Waals surface area contributed by atoms with Crippen LogP contribution in [0.25, 0.3) is 0 Å². The number of esters is 1. The highest BCUT2D eigenvalue weighted by Crippen LogP contribution is 2.30. The molecule has 0 spiro atoms. The number of aliphatic hydroxyl groups excluding tert-OH is 1. The van der Waals surface area contributed by atoms with Crippen molar-refractivity contribution in [2.24, 2.45) is 5.41 Å². The van der Waals surface area contributed by atoms with E-state index in [1.807, 2.05) is 0 Å². The number of carbonyl (C=O) groups is 1. The molecule has 1 aromatic heterocycles. The molecular formula is C15H25BrN2O4. The van der Waals surface area contributed by atoms with Crippen LogP contribution in [0.5, 0.6) is 5.88 Å². The number of hydrogen-bond acceptors (Lipinski definition) is 5. The fourth-order valence-corrected chi connectivity index (χ4v) is 2.30. The average Bonchev–Trinajstić information content (AvgIpc) is 2.73. The molecule has 0 radical (unpaired) electrons. The van der Waals surface area contributed by atoms with Crippen molar-refractivity contribution in [2.75, 3.05) is 19.8 Å². The predicted molar refractivity (Wildman–Crippen MR) is 87.2 cm³/mol. The summed E-state index contributed by atoms with van der Waals surface area (Å²) < 4.78 is 12.7. The van der Waals surface area contributed by atoms with Crippen molar-refractivity contribution in [3.05, 3.63) is 10.2 Å². The molecule has 126 valence electrons. The molecular weight excluding hydrogens is 352 g/mol. The lowest BCUT2D eigenvalue weighted by atomic mass is 9.92. The molecule has 0 aliphatic carbocycles. The highest BCUT2D eigenvalue weighted by molar-refractivity contribution is 9.10. The number of hydrogen-bond donors (Lipinski definition) is 1. The molecule has 1 heterocycles. The first-order valence-electron chi connectivity index (χ1n) is 7.47. The Labute approximate surface area is 139 Å². The van der Waals surface area contributed by atoms with Crippen molar-refractivity contribution < 1.29 is 19.4 Å². The van der Waals surface area contributed by atoms with Crippen molar-refractivity contribution >= 4 is 21.9 Å². The Balaban J connectivity index is 2.99. The lowest BCUT2D eigenvalue weighted by Gasteiger charge is -2.18. The maximum absolute atomic E-state index is 12.1. The SMILES string of the molecule is CCOC(=O)c1c(Br)c(OCCCO)nn1CCC(C)(C)C. The van der Waals surface area contributed by atoms with E-state index in [0.29, 0.717) is 42.2 Å². The van der Waals surface area contributed by atoms with Crippen molar-refractivity contribution in [3.8, 4) is 5.88 Å². The molecule has 0 aromatic carbocycles. The van der Waals surface area contributed by atoms with Crippen LogP contribution in [0.3, 0.4) is 0 Å². The molecule has 1 rings (SSSR count). The lowest BCUT2D eigenvalue weighted by molar-refractivity contribution is 0.0509. The van der Waals surface area contributed by atoms with Crippen LogP contribution in [0.4, 0.5) is 0 Å². The molecule has 0 atom stereocenters. The number of rotatable bonds is 8. The standard InChI is InChI=1S/C15H25BrN2O4/c1-5-21-14(20)12-11(16)13(22-10-6-9-19)17-18(12)8-7-15(2,3)4/h19H,5-10H2,1-4H3. The first kappa shape index (κ1) is 19.0. The van der Waals surface area contributed by atoms with Gasteiger partial charge in [-0.2, -0.15) is 0 Å². The molecule has 0 aliphatic heterocycles. The Kier molecular flexibility index (Phi) is 7.35. The Morgan fingerprint density at radius 1 is 1.41 bits per heavy atom. The van der Waals surface area contributed by atoms with Gasteiger partial charge in [-0.05, 0) is 34.7 Å². The van der Waals surface area contributed by atoms with Crippen LogP contribution in [0.1, 0.15) is 51.0 Å². The van der Waals surface area contributed by atoms with Crippen LogP contribution in [-0.2, 0) is 11.3 Å². The van der Waals surface area contributed by atoms with Gasteiger partial charge in [-0.25, -0.2) is 4.79 Å². The number of aliphatic hydroxyl groups is 1. The molecule has 0 unspecified atom stereocenters. The van der Waals surface area contributed by atoms with E-state index in [0.717, 1.165) is 6.42 Å². The molecule has 0 saturated carbocycles.